The van der Waals surface area contributed by atoms with Gasteiger partial charge in [0.1, 0.15) is 6.29 Å². The van der Waals surface area contributed by atoms with Crippen molar-refractivity contribution in [3.8, 4) is 11.8 Å². The first kappa shape index (κ1) is 15.9. The molecule has 0 aromatic heterocycles. The van der Waals surface area contributed by atoms with E-state index in [2.05, 4.69) is 21.3 Å². The molecular formula is C13H16O5. The third-order valence-electron chi connectivity index (χ3n) is 2.40. The van der Waals surface area contributed by atoms with Gasteiger partial charge in [0.2, 0.25) is 0 Å². The number of hydrogen-bond acceptors (Lipinski definition) is 5. The fourth-order valence-corrected chi connectivity index (χ4v) is 1.42. The number of aldehydes is 1. The molecule has 0 bridgehead atoms. The fraction of sp³-hybridized carbons (Fsp3) is 0.462. The lowest BCUT2D eigenvalue weighted by Gasteiger charge is -2.24. The quantitative estimate of drug-likeness (QED) is 0.231. The molecule has 18 heavy (non-hydrogen) atoms. The van der Waals surface area contributed by atoms with Crippen LogP contribution in [0.3, 0.4) is 0 Å². The van der Waals surface area contributed by atoms with E-state index in [4.69, 9.17) is 0 Å². The van der Waals surface area contributed by atoms with Crippen molar-refractivity contribution in [1.29, 1.82) is 0 Å². The van der Waals surface area contributed by atoms with Gasteiger partial charge in [-0.2, -0.15) is 0 Å². The molecule has 5 nitrogen and oxygen atoms in total. The summed E-state index contributed by atoms with van der Waals surface area (Å²) in [5, 5.41) is 0. The van der Waals surface area contributed by atoms with Crippen molar-refractivity contribution in [3.63, 3.8) is 0 Å². The second-order valence-electron chi connectivity index (χ2n) is 3.44. The van der Waals surface area contributed by atoms with Crippen LogP contribution in [0.4, 0.5) is 0 Å². The summed E-state index contributed by atoms with van der Waals surface area (Å²) in [4.78, 5) is 33.9. The molecule has 0 radical (unpaired) electrons. The number of carbonyl (C=O) groups excluding carboxylic acids is 3. The second kappa shape index (κ2) is 8.07. The van der Waals surface area contributed by atoms with Crippen molar-refractivity contribution < 1.29 is 23.9 Å². The molecule has 0 heterocycles. The minimum absolute atomic E-state index is 0.000231. The molecule has 0 saturated heterocycles. The van der Waals surface area contributed by atoms with E-state index in [-0.39, 0.29) is 12.8 Å². The van der Waals surface area contributed by atoms with E-state index in [1.165, 1.54) is 26.4 Å². The number of esters is 2. The minimum atomic E-state index is -1.52. The normalized spacial score (nSPS) is 10.4. The SMILES string of the molecule is CC#CCC(C/C=C/C=O)(C(=O)OC)C(=O)OC. The van der Waals surface area contributed by atoms with E-state index in [1.807, 2.05) is 0 Å². The maximum Gasteiger partial charge on any atom is 0.324 e. The third-order valence-corrected chi connectivity index (χ3v) is 2.40. The summed E-state index contributed by atoms with van der Waals surface area (Å²) >= 11 is 0. The first-order chi connectivity index (χ1) is 8.58. The largest absolute Gasteiger partial charge is 0.468 e. The van der Waals surface area contributed by atoms with Crippen molar-refractivity contribution in [1.82, 2.24) is 0 Å². The van der Waals surface area contributed by atoms with Gasteiger partial charge in [-0.3, -0.25) is 14.4 Å². The molecule has 0 N–H and O–H groups in total. The Bertz CT molecular complexity index is 381. The summed E-state index contributed by atoms with van der Waals surface area (Å²) in [6, 6.07) is 0. The van der Waals surface area contributed by atoms with Crippen molar-refractivity contribution >= 4 is 18.2 Å². The summed E-state index contributed by atoms with van der Waals surface area (Å²) in [6.07, 6.45) is 3.16. The zero-order valence-corrected chi connectivity index (χ0v) is 10.7. The standard InChI is InChI=1S/C13H16O5/c1-4-5-8-13(11(15)17-2,12(16)18-3)9-6-7-10-14/h6-7,10H,8-9H2,1-3H3/b7-6+. The average Bonchev–Trinajstić information content (AvgIpc) is 2.41. The highest BCUT2D eigenvalue weighted by molar-refractivity contribution is 6.00. The number of ether oxygens (including phenoxy) is 2. The molecule has 0 amide bonds. The Balaban J connectivity index is 5.42. The number of carbonyl (C=O) groups is 3. The van der Waals surface area contributed by atoms with Crippen LogP contribution in [0.5, 0.6) is 0 Å². The molecule has 0 spiro atoms. The van der Waals surface area contributed by atoms with Gasteiger partial charge < -0.3 is 9.47 Å². The van der Waals surface area contributed by atoms with E-state index in [1.54, 1.807) is 6.92 Å². The van der Waals surface area contributed by atoms with Gasteiger partial charge in [0.15, 0.2) is 5.41 Å². The Hall–Kier alpha value is -2.09. The van der Waals surface area contributed by atoms with E-state index >= 15 is 0 Å². The van der Waals surface area contributed by atoms with Crippen molar-refractivity contribution in [2.75, 3.05) is 14.2 Å². The fourth-order valence-electron chi connectivity index (χ4n) is 1.42. The summed E-state index contributed by atoms with van der Waals surface area (Å²) < 4.78 is 9.27. The van der Waals surface area contributed by atoms with Gasteiger partial charge in [0.25, 0.3) is 0 Å². The van der Waals surface area contributed by atoms with Crippen LogP contribution in [0.2, 0.25) is 0 Å². The molecule has 0 aromatic carbocycles. The Labute approximate surface area is 106 Å². The van der Waals surface area contributed by atoms with E-state index < -0.39 is 17.4 Å². The lowest BCUT2D eigenvalue weighted by molar-refractivity contribution is -0.168. The molecule has 0 aromatic rings. The molecule has 0 aliphatic heterocycles. The van der Waals surface area contributed by atoms with Crippen LogP contribution in [0.15, 0.2) is 12.2 Å². The Morgan fingerprint density at radius 2 is 1.78 bits per heavy atom. The molecular weight excluding hydrogens is 236 g/mol. The van der Waals surface area contributed by atoms with Gasteiger partial charge in [-0.1, -0.05) is 6.08 Å². The average molecular weight is 252 g/mol. The lowest BCUT2D eigenvalue weighted by Crippen LogP contribution is -2.40. The summed E-state index contributed by atoms with van der Waals surface area (Å²) in [5.41, 5.74) is -1.52. The highest BCUT2D eigenvalue weighted by Crippen LogP contribution is 2.30. The van der Waals surface area contributed by atoms with Gasteiger partial charge in [-0.25, -0.2) is 0 Å². The summed E-state index contributed by atoms with van der Waals surface area (Å²) in [6.45, 7) is 1.60. The second-order valence-corrected chi connectivity index (χ2v) is 3.44. The molecule has 0 atom stereocenters. The summed E-state index contributed by atoms with van der Waals surface area (Å²) in [7, 11) is 2.37. The van der Waals surface area contributed by atoms with Crippen LogP contribution in [-0.2, 0) is 23.9 Å². The first-order valence-electron chi connectivity index (χ1n) is 5.25. The number of rotatable bonds is 6. The maximum atomic E-state index is 11.8. The highest BCUT2D eigenvalue weighted by Gasteiger charge is 2.47. The summed E-state index contributed by atoms with van der Waals surface area (Å²) in [5.74, 6) is 3.83. The van der Waals surface area contributed by atoms with Gasteiger partial charge in [0.05, 0.1) is 14.2 Å². The van der Waals surface area contributed by atoms with Crippen LogP contribution >= 0.6 is 0 Å². The topological polar surface area (TPSA) is 69.7 Å². The first-order valence-corrected chi connectivity index (χ1v) is 5.25. The predicted molar refractivity (Wildman–Crippen MR) is 64.4 cm³/mol. The molecule has 0 rings (SSSR count). The molecule has 5 heteroatoms. The monoisotopic (exact) mass is 252 g/mol. The Morgan fingerprint density at radius 1 is 1.22 bits per heavy atom. The van der Waals surface area contributed by atoms with Crippen molar-refractivity contribution in [3.05, 3.63) is 12.2 Å². The number of hydrogen-bond donors (Lipinski definition) is 0. The Morgan fingerprint density at radius 3 is 2.17 bits per heavy atom. The van der Waals surface area contributed by atoms with Gasteiger partial charge in [-0.05, 0) is 19.4 Å². The van der Waals surface area contributed by atoms with Crippen molar-refractivity contribution in [2.24, 2.45) is 5.41 Å². The molecule has 0 fully saturated rings. The molecule has 0 aliphatic rings. The minimum Gasteiger partial charge on any atom is -0.468 e. The van der Waals surface area contributed by atoms with Crippen LogP contribution in [0, 0.1) is 17.3 Å². The van der Waals surface area contributed by atoms with Gasteiger partial charge >= 0.3 is 11.9 Å². The van der Waals surface area contributed by atoms with Crippen LogP contribution in [-0.4, -0.2) is 32.4 Å². The van der Waals surface area contributed by atoms with Crippen LogP contribution in [0.25, 0.3) is 0 Å². The Kier molecular flexibility index (Phi) is 7.13. The maximum absolute atomic E-state index is 11.8. The molecule has 98 valence electrons. The van der Waals surface area contributed by atoms with E-state index in [9.17, 15) is 14.4 Å². The van der Waals surface area contributed by atoms with Gasteiger partial charge in [0, 0.05) is 6.42 Å². The van der Waals surface area contributed by atoms with Crippen LogP contribution < -0.4 is 0 Å². The van der Waals surface area contributed by atoms with E-state index in [0.717, 1.165) is 0 Å². The lowest BCUT2D eigenvalue weighted by atomic mass is 9.81. The van der Waals surface area contributed by atoms with E-state index in [0.29, 0.717) is 6.29 Å². The molecule has 0 saturated carbocycles. The van der Waals surface area contributed by atoms with Gasteiger partial charge in [-0.15, -0.1) is 11.8 Å². The number of methoxy groups -OCH3 is 2. The zero-order chi connectivity index (χ0) is 14.0. The van der Waals surface area contributed by atoms with Crippen LogP contribution in [0.1, 0.15) is 19.8 Å². The predicted octanol–water partition coefficient (Wildman–Crippen LogP) is 0.877. The third kappa shape index (κ3) is 3.74. The van der Waals surface area contributed by atoms with Crippen molar-refractivity contribution in [2.45, 2.75) is 19.8 Å². The molecule has 0 unspecified atom stereocenters. The highest BCUT2D eigenvalue weighted by atomic mass is 16.5. The molecule has 0 aliphatic carbocycles. The number of allylic oxidation sites excluding steroid dienone is 2. The zero-order valence-electron chi connectivity index (χ0n) is 10.7. The smallest absolute Gasteiger partial charge is 0.324 e.